The van der Waals surface area contributed by atoms with Gasteiger partial charge in [0.25, 0.3) is 0 Å². The van der Waals surface area contributed by atoms with E-state index in [1.807, 2.05) is 0 Å². The maximum atomic E-state index is 13.1. The van der Waals surface area contributed by atoms with Crippen LogP contribution in [0.3, 0.4) is 0 Å². The van der Waals surface area contributed by atoms with Crippen molar-refractivity contribution < 1.29 is 23.6 Å². The van der Waals surface area contributed by atoms with Gasteiger partial charge in [-0.3, -0.25) is 14.9 Å². The van der Waals surface area contributed by atoms with Crippen molar-refractivity contribution in [1.29, 1.82) is 0 Å². The molecule has 2 unspecified atom stereocenters. The van der Waals surface area contributed by atoms with E-state index in [9.17, 15) is 19.3 Å². The Morgan fingerprint density at radius 3 is 2.90 bits per heavy atom. The number of nitrogens with two attached hydrogens (primary N) is 1. The molecule has 2 N–H and O–H groups in total. The molecule has 1 aromatic rings. The first-order chi connectivity index (χ1) is 9.85. The Morgan fingerprint density at radius 2 is 2.29 bits per heavy atom. The Balaban J connectivity index is 2.14. The van der Waals surface area contributed by atoms with E-state index >= 15 is 0 Å². The predicted molar refractivity (Wildman–Crippen MR) is 70.3 cm³/mol. The van der Waals surface area contributed by atoms with E-state index < -0.39 is 34.0 Å². The van der Waals surface area contributed by atoms with Crippen LogP contribution in [-0.2, 0) is 9.53 Å². The number of nitro groups is 1. The van der Waals surface area contributed by atoms with E-state index in [1.54, 1.807) is 0 Å². The van der Waals surface area contributed by atoms with Crippen LogP contribution in [0.2, 0.25) is 0 Å². The SMILES string of the molecule is COC(=O)C1(N)CCC(Oc2ccc(F)cc2[N+](=O)[O-])C1. The van der Waals surface area contributed by atoms with Gasteiger partial charge < -0.3 is 15.2 Å². The maximum absolute atomic E-state index is 13.1. The van der Waals surface area contributed by atoms with Gasteiger partial charge in [-0.15, -0.1) is 0 Å². The van der Waals surface area contributed by atoms with Crippen LogP contribution in [0.25, 0.3) is 0 Å². The zero-order valence-electron chi connectivity index (χ0n) is 11.4. The fourth-order valence-corrected chi connectivity index (χ4v) is 2.43. The first-order valence-electron chi connectivity index (χ1n) is 6.33. The maximum Gasteiger partial charge on any atom is 0.325 e. The Kier molecular flexibility index (Phi) is 4.08. The highest BCUT2D eigenvalue weighted by Crippen LogP contribution is 2.35. The number of esters is 1. The molecule has 0 radical (unpaired) electrons. The number of rotatable bonds is 4. The Morgan fingerprint density at radius 1 is 1.57 bits per heavy atom. The van der Waals surface area contributed by atoms with Crippen LogP contribution in [0.1, 0.15) is 19.3 Å². The second-order valence-electron chi connectivity index (χ2n) is 5.00. The summed E-state index contributed by atoms with van der Waals surface area (Å²) in [7, 11) is 1.25. The summed E-state index contributed by atoms with van der Waals surface area (Å²) in [6.45, 7) is 0. The molecular weight excluding hydrogens is 283 g/mol. The van der Waals surface area contributed by atoms with Gasteiger partial charge >= 0.3 is 11.7 Å². The van der Waals surface area contributed by atoms with Crippen molar-refractivity contribution in [1.82, 2.24) is 0 Å². The summed E-state index contributed by atoms with van der Waals surface area (Å²) < 4.78 is 23.2. The van der Waals surface area contributed by atoms with Gasteiger partial charge in [0.05, 0.1) is 18.1 Å². The van der Waals surface area contributed by atoms with Gasteiger partial charge in [-0.2, -0.15) is 0 Å². The highest BCUT2D eigenvalue weighted by atomic mass is 19.1. The van der Waals surface area contributed by atoms with Crippen LogP contribution in [0.15, 0.2) is 18.2 Å². The summed E-state index contributed by atoms with van der Waals surface area (Å²) in [5.41, 5.74) is 4.33. The molecule has 0 amide bonds. The Hall–Kier alpha value is -2.22. The lowest BCUT2D eigenvalue weighted by atomic mass is 10.00. The minimum absolute atomic E-state index is 0.0412. The van der Waals surface area contributed by atoms with Crippen LogP contribution in [0.5, 0.6) is 5.75 Å². The number of ether oxygens (including phenoxy) is 2. The van der Waals surface area contributed by atoms with E-state index in [4.69, 9.17) is 10.5 Å². The molecule has 0 bridgehead atoms. The van der Waals surface area contributed by atoms with Crippen LogP contribution < -0.4 is 10.5 Å². The molecule has 1 saturated carbocycles. The summed E-state index contributed by atoms with van der Waals surface area (Å²) in [6, 6.07) is 3.07. The lowest BCUT2D eigenvalue weighted by molar-refractivity contribution is -0.386. The second kappa shape index (κ2) is 5.65. The van der Waals surface area contributed by atoms with E-state index in [0.717, 1.165) is 12.1 Å². The summed E-state index contributed by atoms with van der Waals surface area (Å²) >= 11 is 0. The molecule has 0 spiro atoms. The van der Waals surface area contributed by atoms with Gasteiger partial charge in [0.15, 0.2) is 5.75 Å². The molecule has 0 saturated heterocycles. The van der Waals surface area contributed by atoms with Crippen molar-refractivity contribution >= 4 is 11.7 Å². The molecule has 1 fully saturated rings. The molecule has 2 rings (SSSR count). The highest BCUT2D eigenvalue weighted by molar-refractivity contribution is 5.81. The van der Waals surface area contributed by atoms with Crippen molar-refractivity contribution in [2.45, 2.75) is 30.9 Å². The van der Waals surface area contributed by atoms with Crippen molar-refractivity contribution in [3.63, 3.8) is 0 Å². The van der Waals surface area contributed by atoms with Gasteiger partial charge in [0, 0.05) is 6.42 Å². The number of carbonyl (C=O) groups excluding carboxylic acids is 1. The molecule has 2 atom stereocenters. The largest absolute Gasteiger partial charge is 0.483 e. The summed E-state index contributed by atoms with van der Waals surface area (Å²) in [5.74, 6) is -1.30. The number of carbonyl (C=O) groups is 1. The zero-order chi connectivity index (χ0) is 15.6. The molecular formula is C13H15FN2O5. The lowest BCUT2D eigenvalue weighted by Crippen LogP contribution is -2.47. The van der Waals surface area contributed by atoms with Crippen molar-refractivity contribution in [2.24, 2.45) is 5.73 Å². The van der Waals surface area contributed by atoms with Gasteiger partial charge in [-0.05, 0) is 25.0 Å². The minimum atomic E-state index is -1.14. The van der Waals surface area contributed by atoms with Crippen molar-refractivity contribution in [3.05, 3.63) is 34.1 Å². The molecule has 1 aliphatic rings. The molecule has 1 aromatic carbocycles. The molecule has 1 aliphatic carbocycles. The number of nitrogens with zero attached hydrogens (tertiary/aromatic N) is 1. The van der Waals surface area contributed by atoms with Crippen molar-refractivity contribution in [3.8, 4) is 5.75 Å². The van der Waals surface area contributed by atoms with E-state index in [-0.39, 0.29) is 12.2 Å². The number of hydrogen-bond donors (Lipinski definition) is 1. The number of halogens is 1. The third kappa shape index (κ3) is 3.10. The normalized spacial score (nSPS) is 24.6. The Bertz CT molecular complexity index is 580. The third-order valence-corrected chi connectivity index (χ3v) is 3.51. The number of hydrogen-bond acceptors (Lipinski definition) is 6. The molecule has 0 aromatic heterocycles. The molecule has 7 nitrogen and oxygen atoms in total. The Labute approximate surface area is 120 Å². The fraction of sp³-hybridized carbons (Fsp3) is 0.462. The van der Waals surface area contributed by atoms with E-state index in [1.165, 1.54) is 13.2 Å². The topological polar surface area (TPSA) is 105 Å². The highest BCUT2D eigenvalue weighted by Gasteiger charge is 2.44. The number of nitro benzene ring substituents is 1. The average molecular weight is 298 g/mol. The number of benzene rings is 1. The van der Waals surface area contributed by atoms with Gasteiger partial charge in [0.2, 0.25) is 0 Å². The summed E-state index contributed by atoms with van der Waals surface area (Å²) in [6.07, 6.45) is 0.548. The van der Waals surface area contributed by atoms with Crippen LogP contribution in [0, 0.1) is 15.9 Å². The monoisotopic (exact) mass is 298 g/mol. The van der Waals surface area contributed by atoms with Gasteiger partial charge in [0.1, 0.15) is 17.5 Å². The summed E-state index contributed by atoms with van der Waals surface area (Å²) in [4.78, 5) is 21.8. The van der Waals surface area contributed by atoms with Crippen molar-refractivity contribution in [2.75, 3.05) is 7.11 Å². The zero-order valence-corrected chi connectivity index (χ0v) is 11.4. The lowest BCUT2D eigenvalue weighted by Gasteiger charge is -2.20. The molecule has 0 heterocycles. The second-order valence-corrected chi connectivity index (χ2v) is 5.00. The smallest absolute Gasteiger partial charge is 0.325 e. The predicted octanol–water partition coefficient (Wildman–Crippen LogP) is 1.54. The van der Waals surface area contributed by atoms with E-state index in [0.29, 0.717) is 12.8 Å². The minimum Gasteiger partial charge on any atom is -0.483 e. The molecule has 0 aliphatic heterocycles. The van der Waals surface area contributed by atoms with Gasteiger partial charge in [-0.1, -0.05) is 0 Å². The molecule has 21 heavy (non-hydrogen) atoms. The van der Waals surface area contributed by atoms with E-state index in [2.05, 4.69) is 4.74 Å². The van der Waals surface area contributed by atoms with Crippen LogP contribution in [-0.4, -0.2) is 29.6 Å². The summed E-state index contributed by atoms with van der Waals surface area (Å²) in [5, 5.41) is 10.9. The molecule has 114 valence electrons. The fourth-order valence-electron chi connectivity index (χ4n) is 2.43. The molecule has 8 heteroatoms. The quantitative estimate of drug-likeness (QED) is 0.513. The first-order valence-corrected chi connectivity index (χ1v) is 6.33. The standard InChI is InChI=1S/C13H15FN2O5/c1-20-12(17)13(15)5-4-9(7-13)21-11-3-2-8(14)6-10(11)16(18)19/h2-3,6,9H,4-5,7,15H2,1H3. The average Bonchev–Trinajstić information content (AvgIpc) is 2.82. The van der Waals surface area contributed by atoms with Crippen LogP contribution in [0.4, 0.5) is 10.1 Å². The first kappa shape index (κ1) is 15.2. The third-order valence-electron chi connectivity index (χ3n) is 3.51. The van der Waals surface area contributed by atoms with Gasteiger partial charge in [-0.25, -0.2) is 4.39 Å². The van der Waals surface area contributed by atoms with Crippen LogP contribution >= 0.6 is 0 Å². The number of methoxy groups -OCH3 is 1.